The van der Waals surface area contributed by atoms with E-state index < -0.39 is 0 Å². The van der Waals surface area contributed by atoms with Crippen LogP contribution < -0.4 is 0 Å². The van der Waals surface area contributed by atoms with E-state index in [9.17, 15) is 0 Å². The maximum atomic E-state index is 5.30. The van der Waals surface area contributed by atoms with Crippen molar-refractivity contribution in [1.82, 2.24) is 10.2 Å². The molecule has 1 aromatic rings. The molecule has 0 bridgehead atoms. The Bertz CT molecular complexity index is 385. The summed E-state index contributed by atoms with van der Waals surface area (Å²) in [6.45, 7) is 1.79. The molecule has 0 fully saturated rings. The van der Waals surface area contributed by atoms with Crippen LogP contribution in [0.2, 0.25) is 0 Å². The number of nitrogens with zero attached hydrogens (tertiary/aromatic N) is 2. The van der Waals surface area contributed by atoms with Gasteiger partial charge in [0.25, 0.3) is 0 Å². The average molecular weight is 174 g/mol. The second kappa shape index (κ2) is 3.39. The molecule has 0 saturated heterocycles. The second-order valence-electron chi connectivity index (χ2n) is 2.81. The van der Waals surface area contributed by atoms with E-state index >= 15 is 0 Å². The van der Waals surface area contributed by atoms with Gasteiger partial charge in [-0.15, -0.1) is 10.2 Å². The molecule has 1 aliphatic carbocycles. The lowest BCUT2D eigenvalue weighted by molar-refractivity contribution is 0.507. The first-order chi connectivity index (χ1) is 6.36. The van der Waals surface area contributed by atoms with Crippen LogP contribution in [0.25, 0.3) is 5.57 Å². The summed E-state index contributed by atoms with van der Waals surface area (Å²) in [6, 6.07) is 0. The Balaban J connectivity index is 2.35. The van der Waals surface area contributed by atoms with Crippen molar-refractivity contribution in [3.8, 4) is 0 Å². The smallest absolute Gasteiger partial charge is 0.247 e. The number of allylic oxidation sites excluding steroid dienone is 6. The Hall–Kier alpha value is -1.64. The Kier molecular flexibility index (Phi) is 2.08. The molecule has 1 heterocycles. The minimum atomic E-state index is 0.584. The molecule has 1 aromatic heterocycles. The van der Waals surface area contributed by atoms with Gasteiger partial charge in [0.2, 0.25) is 11.8 Å². The molecule has 0 saturated carbocycles. The van der Waals surface area contributed by atoms with Crippen molar-refractivity contribution in [3.63, 3.8) is 0 Å². The summed E-state index contributed by atoms with van der Waals surface area (Å²) >= 11 is 0. The molecule has 13 heavy (non-hydrogen) atoms. The maximum absolute atomic E-state index is 5.30. The second-order valence-corrected chi connectivity index (χ2v) is 2.81. The molecular weight excluding hydrogens is 164 g/mol. The Morgan fingerprint density at radius 2 is 2.23 bits per heavy atom. The highest BCUT2D eigenvalue weighted by Gasteiger charge is 2.05. The number of rotatable bonds is 1. The number of hydrogen-bond donors (Lipinski definition) is 0. The van der Waals surface area contributed by atoms with Gasteiger partial charge in [-0.3, -0.25) is 0 Å². The fraction of sp³-hybridized carbons (Fsp3) is 0.200. The molecule has 3 nitrogen and oxygen atoms in total. The molecule has 0 amide bonds. The van der Waals surface area contributed by atoms with Crippen LogP contribution in [0.1, 0.15) is 18.2 Å². The van der Waals surface area contributed by atoms with Crippen LogP contribution in [0.3, 0.4) is 0 Å². The van der Waals surface area contributed by atoms with Gasteiger partial charge in [-0.2, -0.15) is 0 Å². The third kappa shape index (κ3) is 1.75. The zero-order chi connectivity index (χ0) is 9.10. The quantitative estimate of drug-likeness (QED) is 0.655. The van der Waals surface area contributed by atoms with Crippen molar-refractivity contribution in [3.05, 3.63) is 42.2 Å². The topological polar surface area (TPSA) is 38.9 Å². The lowest BCUT2D eigenvalue weighted by Gasteiger charge is -1.90. The van der Waals surface area contributed by atoms with Crippen molar-refractivity contribution in [2.24, 2.45) is 0 Å². The van der Waals surface area contributed by atoms with E-state index in [1.807, 2.05) is 18.2 Å². The van der Waals surface area contributed by atoms with Crippen LogP contribution in [0.4, 0.5) is 0 Å². The minimum absolute atomic E-state index is 0.584. The van der Waals surface area contributed by atoms with Gasteiger partial charge in [0.1, 0.15) is 0 Å². The van der Waals surface area contributed by atoms with Gasteiger partial charge in [-0.1, -0.05) is 24.3 Å². The van der Waals surface area contributed by atoms with E-state index in [0.717, 1.165) is 12.0 Å². The highest BCUT2D eigenvalue weighted by molar-refractivity contribution is 5.70. The van der Waals surface area contributed by atoms with Crippen molar-refractivity contribution in [2.75, 3.05) is 0 Å². The number of hydrogen-bond acceptors (Lipinski definition) is 3. The van der Waals surface area contributed by atoms with E-state index in [-0.39, 0.29) is 0 Å². The van der Waals surface area contributed by atoms with Crippen molar-refractivity contribution < 1.29 is 4.42 Å². The zero-order valence-corrected chi connectivity index (χ0v) is 7.40. The molecule has 66 valence electrons. The van der Waals surface area contributed by atoms with Gasteiger partial charge in [0, 0.05) is 12.5 Å². The molecule has 3 heteroatoms. The van der Waals surface area contributed by atoms with Crippen LogP contribution >= 0.6 is 0 Å². The first-order valence-corrected chi connectivity index (χ1v) is 4.20. The molecule has 0 N–H and O–H groups in total. The highest BCUT2D eigenvalue weighted by Crippen LogP contribution is 2.16. The van der Waals surface area contributed by atoms with E-state index in [2.05, 4.69) is 22.3 Å². The summed E-state index contributed by atoms with van der Waals surface area (Å²) in [5.41, 5.74) is 0.967. The van der Waals surface area contributed by atoms with E-state index in [1.165, 1.54) is 0 Å². The van der Waals surface area contributed by atoms with Crippen molar-refractivity contribution in [2.45, 2.75) is 13.3 Å². The molecule has 0 aliphatic heterocycles. The van der Waals surface area contributed by atoms with Crippen LogP contribution in [0.5, 0.6) is 0 Å². The molecule has 2 rings (SSSR count). The molecule has 1 aliphatic rings. The van der Waals surface area contributed by atoms with Crippen LogP contribution in [-0.4, -0.2) is 10.2 Å². The molecule has 0 radical (unpaired) electrons. The van der Waals surface area contributed by atoms with Crippen LogP contribution in [-0.2, 0) is 0 Å². The monoisotopic (exact) mass is 174 g/mol. The minimum Gasteiger partial charge on any atom is -0.421 e. The Labute approximate surface area is 76.5 Å². The van der Waals surface area contributed by atoms with Crippen molar-refractivity contribution in [1.29, 1.82) is 0 Å². The average Bonchev–Trinajstić information content (AvgIpc) is 2.43. The van der Waals surface area contributed by atoms with Gasteiger partial charge >= 0.3 is 0 Å². The van der Waals surface area contributed by atoms with Gasteiger partial charge in [0.05, 0.1) is 0 Å². The predicted octanol–water partition coefficient (Wildman–Crippen LogP) is 2.28. The first-order valence-electron chi connectivity index (χ1n) is 4.20. The molecule has 0 spiro atoms. The number of aryl methyl sites for hydroxylation is 1. The molecular formula is C10H10N2O. The lowest BCUT2D eigenvalue weighted by Crippen LogP contribution is -1.79. The predicted molar refractivity (Wildman–Crippen MR) is 49.9 cm³/mol. The SMILES string of the molecule is Cc1nnc(C2=CC=CCC=C2)o1. The lowest BCUT2D eigenvalue weighted by atomic mass is 10.2. The first kappa shape index (κ1) is 7.98. The van der Waals surface area contributed by atoms with E-state index in [1.54, 1.807) is 6.92 Å². The maximum Gasteiger partial charge on any atom is 0.247 e. The van der Waals surface area contributed by atoms with Gasteiger partial charge in [0.15, 0.2) is 0 Å². The highest BCUT2D eigenvalue weighted by atomic mass is 16.4. The fourth-order valence-electron chi connectivity index (χ4n) is 1.14. The van der Waals surface area contributed by atoms with E-state index in [0.29, 0.717) is 11.8 Å². The normalized spacial score (nSPS) is 15.6. The third-order valence-electron chi connectivity index (χ3n) is 1.75. The van der Waals surface area contributed by atoms with Crippen LogP contribution in [0, 0.1) is 6.92 Å². The zero-order valence-electron chi connectivity index (χ0n) is 7.40. The van der Waals surface area contributed by atoms with E-state index in [4.69, 9.17) is 4.42 Å². The summed E-state index contributed by atoms with van der Waals surface area (Å²) in [6.07, 6.45) is 11.0. The number of aromatic nitrogens is 2. The van der Waals surface area contributed by atoms with Crippen LogP contribution in [0.15, 0.2) is 34.8 Å². The standard InChI is InChI=1S/C10H10N2O/c1-8-11-12-10(13-8)9-6-4-2-3-5-7-9/h2,4-7H,3H2,1H3. The molecule has 0 unspecified atom stereocenters. The molecule has 0 aromatic carbocycles. The summed E-state index contributed by atoms with van der Waals surface area (Å²) in [5, 5.41) is 7.72. The third-order valence-corrected chi connectivity index (χ3v) is 1.75. The summed E-state index contributed by atoms with van der Waals surface area (Å²) < 4.78 is 5.30. The largest absolute Gasteiger partial charge is 0.421 e. The fourth-order valence-corrected chi connectivity index (χ4v) is 1.14. The van der Waals surface area contributed by atoms with Gasteiger partial charge < -0.3 is 4.42 Å². The van der Waals surface area contributed by atoms with Crippen molar-refractivity contribution >= 4 is 5.57 Å². The van der Waals surface area contributed by atoms with Gasteiger partial charge in [-0.25, -0.2) is 0 Å². The Morgan fingerprint density at radius 3 is 3.00 bits per heavy atom. The summed E-state index contributed by atoms with van der Waals surface area (Å²) in [5.74, 6) is 1.18. The molecule has 0 atom stereocenters. The summed E-state index contributed by atoms with van der Waals surface area (Å²) in [7, 11) is 0. The summed E-state index contributed by atoms with van der Waals surface area (Å²) in [4.78, 5) is 0. The Morgan fingerprint density at radius 1 is 1.31 bits per heavy atom. The van der Waals surface area contributed by atoms with Gasteiger partial charge in [-0.05, 0) is 12.5 Å².